The summed E-state index contributed by atoms with van der Waals surface area (Å²) in [6.07, 6.45) is -3.41. The van der Waals surface area contributed by atoms with E-state index in [1.807, 2.05) is 13.8 Å². The monoisotopic (exact) mass is 274 g/mol. The summed E-state index contributed by atoms with van der Waals surface area (Å²) in [5.74, 6) is 0.366. The zero-order valence-electron chi connectivity index (χ0n) is 18.1. The molecule has 0 aliphatic carbocycles. The Bertz CT molecular complexity index is 561. The topological polar surface area (TPSA) is 50.7 Å². The summed E-state index contributed by atoms with van der Waals surface area (Å²) in [6, 6.07) is 5.64. The van der Waals surface area contributed by atoms with Gasteiger partial charge in [0, 0.05) is 22.4 Å². The highest BCUT2D eigenvalue weighted by Crippen LogP contribution is 2.12. The molecule has 0 aliphatic rings. The van der Waals surface area contributed by atoms with Crippen LogP contribution >= 0.6 is 0 Å². The number of aliphatic hydroxyl groups excluding tert-OH is 1. The average molecular weight is 274 g/mol. The third-order valence-corrected chi connectivity index (χ3v) is 2.30. The standard InChI is InChI=1S/C15H25NO3/c1-12(2)16-10-14(17)11-19-15-6-4-13(5-7-15)8-9-18-3/h4-7,12,14,16-17H,8-11H2,1-3H3/i3D3,8D2,9D2. The summed E-state index contributed by atoms with van der Waals surface area (Å²) in [5, 5.41) is 12.9. The molecule has 0 spiro atoms. The van der Waals surface area contributed by atoms with Crippen LogP contribution in [0.2, 0.25) is 0 Å². The van der Waals surface area contributed by atoms with Crippen molar-refractivity contribution >= 4 is 0 Å². The van der Waals surface area contributed by atoms with Gasteiger partial charge < -0.3 is 19.9 Å². The van der Waals surface area contributed by atoms with Crippen LogP contribution in [0.5, 0.6) is 5.75 Å². The van der Waals surface area contributed by atoms with Crippen LogP contribution in [0.3, 0.4) is 0 Å². The van der Waals surface area contributed by atoms with E-state index >= 15 is 0 Å². The van der Waals surface area contributed by atoms with E-state index in [1.165, 1.54) is 24.3 Å². The summed E-state index contributed by atoms with van der Waals surface area (Å²) in [6.45, 7) is 1.25. The molecule has 4 nitrogen and oxygen atoms in total. The second kappa shape index (κ2) is 8.91. The molecule has 0 heterocycles. The molecule has 108 valence electrons. The molecule has 0 fully saturated rings. The van der Waals surface area contributed by atoms with Crippen molar-refractivity contribution < 1.29 is 24.2 Å². The maximum atomic E-state index is 9.79. The van der Waals surface area contributed by atoms with Gasteiger partial charge in [-0.25, -0.2) is 0 Å². The molecular formula is C15H25NO3. The van der Waals surface area contributed by atoms with E-state index in [1.54, 1.807) is 0 Å². The summed E-state index contributed by atoms with van der Waals surface area (Å²) < 4.78 is 61.7. The molecule has 0 bridgehead atoms. The molecule has 0 saturated heterocycles. The van der Waals surface area contributed by atoms with Gasteiger partial charge in [0.05, 0.1) is 13.4 Å². The summed E-state index contributed by atoms with van der Waals surface area (Å²) >= 11 is 0. The van der Waals surface area contributed by atoms with Gasteiger partial charge in [-0.2, -0.15) is 0 Å². The van der Waals surface area contributed by atoms with Crippen molar-refractivity contribution in [1.82, 2.24) is 5.32 Å². The highest BCUT2D eigenvalue weighted by molar-refractivity contribution is 5.27. The first-order valence-corrected chi connectivity index (χ1v) is 6.09. The third kappa shape index (κ3) is 7.15. The van der Waals surface area contributed by atoms with Gasteiger partial charge in [-0.1, -0.05) is 26.0 Å². The molecule has 4 heteroatoms. The summed E-state index contributed by atoms with van der Waals surface area (Å²) in [4.78, 5) is 0. The number of aliphatic hydroxyl groups is 1. The molecule has 1 aromatic rings. The van der Waals surface area contributed by atoms with Crippen molar-refractivity contribution in [3.63, 3.8) is 0 Å². The third-order valence-electron chi connectivity index (χ3n) is 2.30. The maximum absolute atomic E-state index is 9.79. The Morgan fingerprint density at radius 3 is 2.74 bits per heavy atom. The second-order valence-electron chi connectivity index (χ2n) is 4.38. The van der Waals surface area contributed by atoms with Crippen LogP contribution in [-0.4, -0.2) is 44.0 Å². The Kier molecular flexibility index (Phi) is 3.87. The van der Waals surface area contributed by atoms with Gasteiger partial charge >= 0.3 is 0 Å². The van der Waals surface area contributed by atoms with Crippen LogP contribution < -0.4 is 10.1 Å². The molecule has 0 aliphatic heterocycles. The van der Waals surface area contributed by atoms with Crippen LogP contribution in [0.1, 0.15) is 29.0 Å². The van der Waals surface area contributed by atoms with Gasteiger partial charge in [0.15, 0.2) is 0 Å². The molecular weight excluding hydrogens is 242 g/mol. The fourth-order valence-electron chi connectivity index (χ4n) is 1.34. The quantitative estimate of drug-likeness (QED) is 0.718. The van der Waals surface area contributed by atoms with Gasteiger partial charge in [0.1, 0.15) is 18.5 Å². The van der Waals surface area contributed by atoms with E-state index in [9.17, 15) is 5.11 Å². The zero-order chi connectivity index (χ0) is 20.2. The van der Waals surface area contributed by atoms with Gasteiger partial charge in [0.2, 0.25) is 0 Å². The Morgan fingerprint density at radius 2 is 2.11 bits per heavy atom. The number of hydrogen-bond acceptors (Lipinski definition) is 4. The van der Waals surface area contributed by atoms with Gasteiger partial charge in [-0.15, -0.1) is 0 Å². The Labute approximate surface area is 125 Å². The highest BCUT2D eigenvalue weighted by Gasteiger charge is 2.05. The smallest absolute Gasteiger partial charge is 0.119 e. The SMILES string of the molecule is [2H]C([2H])([2H])OC([2H])([2H])C([2H])([2H])c1ccc(OCC(O)CNC(C)C)cc1. The number of hydrogen-bond donors (Lipinski definition) is 2. The number of ether oxygens (including phenoxy) is 2. The Morgan fingerprint density at radius 1 is 1.37 bits per heavy atom. The lowest BCUT2D eigenvalue weighted by molar-refractivity contribution is 0.104. The number of rotatable bonds is 9. The molecule has 19 heavy (non-hydrogen) atoms. The van der Waals surface area contributed by atoms with E-state index in [-0.39, 0.29) is 18.2 Å². The van der Waals surface area contributed by atoms with Crippen LogP contribution in [0, 0.1) is 0 Å². The molecule has 1 unspecified atom stereocenters. The molecule has 0 aromatic heterocycles. The molecule has 2 N–H and O–H groups in total. The number of methoxy groups -OCH3 is 1. The highest BCUT2D eigenvalue weighted by atomic mass is 16.5. The summed E-state index contributed by atoms with van der Waals surface area (Å²) in [7, 11) is -3.07. The van der Waals surface area contributed by atoms with E-state index in [0.717, 1.165) is 0 Å². The lowest BCUT2D eigenvalue weighted by Gasteiger charge is -2.15. The van der Waals surface area contributed by atoms with Crippen molar-refractivity contribution in [1.29, 1.82) is 0 Å². The normalized spacial score (nSPS) is 20.3. The van der Waals surface area contributed by atoms with Crippen LogP contribution in [0.25, 0.3) is 0 Å². The molecule has 0 saturated carbocycles. The molecule has 1 rings (SSSR count). The average Bonchev–Trinajstić information content (AvgIpc) is 2.48. The number of benzene rings is 1. The van der Waals surface area contributed by atoms with Crippen molar-refractivity contribution in [2.45, 2.75) is 32.4 Å². The van der Waals surface area contributed by atoms with E-state index in [2.05, 4.69) is 10.1 Å². The lowest BCUT2D eigenvalue weighted by atomic mass is 10.1. The first-order valence-electron chi connectivity index (χ1n) is 9.59. The minimum Gasteiger partial charge on any atom is -0.491 e. The number of nitrogens with one attached hydrogen (secondary N) is 1. The molecule has 1 aromatic carbocycles. The molecule has 1 atom stereocenters. The van der Waals surface area contributed by atoms with Crippen LogP contribution in [-0.2, 0) is 11.1 Å². The minimum absolute atomic E-state index is 0.0367. The van der Waals surface area contributed by atoms with Crippen LogP contribution in [0.4, 0.5) is 0 Å². The fourth-order valence-corrected chi connectivity index (χ4v) is 1.34. The zero-order valence-corrected chi connectivity index (χ0v) is 11.1. The van der Waals surface area contributed by atoms with Gasteiger partial charge in [-0.3, -0.25) is 0 Å². The van der Waals surface area contributed by atoms with Crippen molar-refractivity contribution in [3.05, 3.63) is 29.8 Å². The van der Waals surface area contributed by atoms with Gasteiger partial charge in [0.25, 0.3) is 0 Å². The van der Waals surface area contributed by atoms with Crippen LogP contribution in [0.15, 0.2) is 24.3 Å². The molecule has 0 amide bonds. The lowest BCUT2D eigenvalue weighted by Crippen LogP contribution is -2.35. The van der Waals surface area contributed by atoms with E-state index < -0.39 is 26.1 Å². The van der Waals surface area contributed by atoms with Crippen molar-refractivity contribution in [2.75, 3.05) is 26.7 Å². The fraction of sp³-hybridized carbons (Fsp3) is 0.600. The largest absolute Gasteiger partial charge is 0.491 e. The predicted molar refractivity (Wildman–Crippen MR) is 76.7 cm³/mol. The first kappa shape index (κ1) is 8.25. The maximum Gasteiger partial charge on any atom is 0.119 e. The minimum atomic E-state index is -3.07. The Balaban J connectivity index is 2.73. The van der Waals surface area contributed by atoms with Crippen molar-refractivity contribution in [3.8, 4) is 5.75 Å². The summed E-state index contributed by atoms with van der Waals surface area (Å²) in [5.41, 5.74) is -0.0962. The first-order chi connectivity index (χ1) is 11.7. The second-order valence-corrected chi connectivity index (χ2v) is 4.38. The van der Waals surface area contributed by atoms with E-state index in [0.29, 0.717) is 12.3 Å². The van der Waals surface area contributed by atoms with E-state index in [4.69, 9.17) is 14.3 Å². The predicted octanol–water partition coefficient (Wildman–Crippen LogP) is 1.61. The Hall–Kier alpha value is -1.10. The molecule has 0 radical (unpaired) electrons. The number of aryl methyl sites for hydroxylation is 1. The van der Waals surface area contributed by atoms with Gasteiger partial charge in [-0.05, 0) is 24.1 Å². The van der Waals surface area contributed by atoms with Crippen molar-refractivity contribution in [2.24, 2.45) is 0 Å².